The lowest BCUT2D eigenvalue weighted by Crippen LogP contribution is -2.22. The van der Waals surface area contributed by atoms with Gasteiger partial charge in [0.1, 0.15) is 11.2 Å². The molecule has 0 N–H and O–H groups in total. The summed E-state index contributed by atoms with van der Waals surface area (Å²) in [7, 11) is 0. The van der Waals surface area contributed by atoms with Gasteiger partial charge in [-0.2, -0.15) is 0 Å². The number of furan rings is 1. The third kappa shape index (κ3) is 4.47. The van der Waals surface area contributed by atoms with E-state index in [1.807, 2.05) is 0 Å². The van der Waals surface area contributed by atoms with Gasteiger partial charge in [0.25, 0.3) is 0 Å². The highest BCUT2D eigenvalue weighted by molar-refractivity contribution is 6.15. The van der Waals surface area contributed by atoms with Crippen LogP contribution in [0, 0.1) is 0 Å². The van der Waals surface area contributed by atoms with Crippen LogP contribution in [-0.4, -0.2) is 0 Å². The first-order valence-corrected chi connectivity index (χ1v) is 18.7. The molecule has 0 saturated heterocycles. The quantitative estimate of drug-likeness (QED) is 0.167. The summed E-state index contributed by atoms with van der Waals surface area (Å²) >= 11 is 0. The fraction of sp³-hybridized carbons (Fsp3) is 0.0385. The van der Waals surface area contributed by atoms with Crippen molar-refractivity contribution in [3.05, 3.63) is 211 Å². The second kappa shape index (κ2) is 11.8. The number of hydrogen-bond acceptors (Lipinski definition) is 2. The molecule has 0 unspecified atom stereocenters. The number of para-hydroxylation sites is 1. The zero-order valence-electron chi connectivity index (χ0n) is 29.8. The van der Waals surface area contributed by atoms with E-state index in [0.717, 1.165) is 39.0 Å². The van der Waals surface area contributed by atoms with Gasteiger partial charge in [-0.3, -0.25) is 0 Å². The molecule has 2 nitrogen and oxygen atoms in total. The Morgan fingerprint density at radius 1 is 0.407 bits per heavy atom. The fourth-order valence-corrected chi connectivity index (χ4v) is 9.14. The van der Waals surface area contributed by atoms with Gasteiger partial charge in [-0.15, -0.1) is 0 Å². The summed E-state index contributed by atoms with van der Waals surface area (Å²) in [5.41, 5.74) is 13.6. The van der Waals surface area contributed by atoms with Crippen molar-refractivity contribution in [2.45, 2.75) is 12.3 Å². The Balaban J connectivity index is 1.14. The highest BCUT2D eigenvalue weighted by atomic mass is 16.3. The van der Waals surface area contributed by atoms with Crippen molar-refractivity contribution in [2.24, 2.45) is 0 Å². The zero-order chi connectivity index (χ0) is 35.8. The first-order valence-electron chi connectivity index (χ1n) is 18.7. The molecule has 1 heterocycles. The van der Waals surface area contributed by atoms with Crippen molar-refractivity contribution in [1.82, 2.24) is 0 Å². The largest absolute Gasteiger partial charge is 0.456 e. The molecule has 10 aromatic rings. The molecule has 0 radical (unpaired) electrons. The molecular weight excluding hydrogens is 655 g/mol. The summed E-state index contributed by atoms with van der Waals surface area (Å²) in [5.74, 6) is 0. The molecule has 0 spiro atoms. The molecule has 54 heavy (non-hydrogen) atoms. The maximum atomic E-state index is 6.91. The van der Waals surface area contributed by atoms with Gasteiger partial charge < -0.3 is 9.32 Å². The summed E-state index contributed by atoms with van der Waals surface area (Å²) in [6.45, 7) is 2.36. The third-order valence-electron chi connectivity index (χ3n) is 11.7. The monoisotopic (exact) mass is 689 g/mol. The van der Waals surface area contributed by atoms with Crippen LogP contribution in [0.3, 0.4) is 0 Å². The molecule has 1 aromatic heterocycles. The Hall–Kier alpha value is -6.90. The van der Waals surface area contributed by atoms with E-state index in [0.29, 0.717) is 0 Å². The molecule has 1 aliphatic rings. The summed E-state index contributed by atoms with van der Waals surface area (Å²) < 4.78 is 6.91. The number of nitrogens with zero attached hydrogens (tertiary/aromatic N) is 1. The average molecular weight is 690 g/mol. The Labute approximate surface area is 314 Å². The van der Waals surface area contributed by atoms with Crippen molar-refractivity contribution >= 4 is 60.5 Å². The molecule has 0 saturated carbocycles. The number of rotatable bonds is 5. The van der Waals surface area contributed by atoms with E-state index in [-0.39, 0.29) is 5.41 Å². The predicted octanol–water partition coefficient (Wildman–Crippen LogP) is 14.4. The lowest BCUT2D eigenvalue weighted by molar-refractivity contribution is 0.638. The molecule has 0 bridgehead atoms. The number of hydrogen-bond donors (Lipinski definition) is 0. The van der Waals surface area contributed by atoms with Crippen LogP contribution < -0.4 is 4.90 Å². The highest BCUT2D eigenvalue weighted by Crippen LogP contribution is 2.54. The van der Waals surface area contributed by atoms with Gasteiger partial charge in [0.15, 0.2) is 0 Å². The van der Waals surface area contributed by atoms with E-state index in [9.17, 15) is 0 Å². The molecule has 0 fully saturated rings. The topological polar surface area (TPSA) is 16.4 Å². The zero-order valence-corrected chi connectivity index (χ0v) is 29.8. The van der Waals surface area contributed by atoms with Gasteiger partial charge in [-0.1, -0.05) is 158 Å². The summed E-state index contributed by atoms with van der Waals surface area (Å²) in [6, 6.07) is 70.4. The van der Waals surface area contributed by atoms with Crippen molar-refractivity contribution in [3.8, 4) is 22.3 Å². The minimum Gasteiger partial charge on any atom is -0.456 e. The van der Waals surface area contributed by atoms with Gasteiger partial charge in [-0.25, -0.2) is 0 Å². The van der Waals surface area contributed by atoms with E-state index < -0.39 is 0 Å². The molecule has 1 aliphatic carbocycles. The summed E-state index contributed by atoms with van der Waals surface area (Å²) in [4.78, 5) is 2.41. The Bertz CT molecular complexity index is 3020. The first kappa shape index (κ1) is 30.7. The average Bonchev–Trinajstić information content (AvgIpc) is 3.74. The molecule has 2 heteroatoms. The number of benzene rings is 9. The van der Waals surface area contributed by atoms with Crippen LogP contribution in [-0.2, 0) is 5.41 Å². The third-order valence-corrected chi connectivity index (χ3v) is 11.7. The summed E-state index contributed by atoms with van der Waals surface area (Å²) in [5, 5.41) is 7.12. The maximum absolute atomic E-state index is 6.91. The minimum atomic E-state index is -0.361. The molecule has 11 rings (SSSR count). The van der Waals surface area contributed by atoms with Crippen molar-refractivity contribution in [2.75, 3.05) is 4.90 Å². The molecule has 254 valence electrons. The van der Waals surface area contributed by atoms with Gasteiger partial charge >= 0.3 is 0 Å². The van der Waals surface area contributed by atoms with Crippen molar-refractivity contribution in [3.63, 3.8) is 0 Å². The van der Waals surface area contributed by atoms with E-state index >= 15 is 0 Å². The Morgan fingerprint density at radius 2 is 0.981 bits per heavy atom. The standard InChI is InChI=1S/C52H35NO/c1-52(46-23-11-9-19-41(46)42-20-10-12-24-47(42)52)48-25-13-22-44-45-33-38(30-31-50(45)54-51(44)48)53(37-28-26-35(27-29-37)34-14-3-2-4-15-34)49-32-36-16-5-6-17-39(36)40-18-7-8-21-43(40)49/h2-33H,1H3. The fourth-order valence-electron chi connectivity index (χ4n) is 9.14. The van der Waals surface area contributed by atoms with E-state index in [1.165, 1.54) is 60.5 Å². The van der Waals surface area contributed by atoms with Crippen LogP contribution in [0.25, 0.3) is 65.7 Å². The van der Waals surface area contributed by atoms with Crippen LogP contribution in [0.4, 0.5) is 17.1 Å². The van der Waals surface area contributed by atoms with Crippen LogP contribution >= 0.6 is 0 Å². The number of anilines is 3. The van der Waals surface area contributed by atoms with Gasteiger partial charge in [-0.05, 0) is 92.9 Å². The smallest absolute Gasteiger partial charge is 0.139 e. The van der Waals surface area contributed by atoms with Crippen LogP contribution in [0.1, 0.15) is 23.6 Å². The first-order chi connectivity index (χ1) is 26.7. The Kier molecular flexibility index (Phi) is 6.72. The molecule has 0 amide bonds. The predicted molar refractivity (Wildman–Crippen MR) is 226 cm³/mol. The van der Waals surface area contributed by atoms with Gasteiger partial charge in [0, 0.05) is 38.5 Å². The Morgan fingerprint density at radius 3 is 1.74 bits per heavy atom. The van der Waals surface area contributed by atoms with Crippen LogP contribution in [0.5, 0.6) is 0 Å². The van der Waals surface area contributed by atoms with Crippen molar-refractivity contribution < 1.29 is 4.42 Å². The van der Waals surface area contributed by atoms with Crippen molar-refractivity contribution in [1.29, 1.82) is 0 Å². The SMILES string of the molecule is CC1(c2cccc3c2oc2ccc(N(c4ccc(-c5ccccc5)cc4)c4cc5ccccc5c5ccccc45)cc23)c2ccccc2-c2ccccc21. The highest BCUT2D eigenvalue weighted by Gasteiger charge is 2.42. The second-order valence-electron chi connectivity index (χ2n) is 14.6. The lowest BCUT2D eigenvalue weighted by Gasteiger charge is -2.28. The molecule has 0 atom stereocenters. The van der Waals surface area contributed by atoms with Crippen LogP contribution in [0.15, 0.2) is 199 Å². The normalized spacial score (nSPS) is 13.1. The number of fused-ring (bicyclic) bond motifs is 9. The maximum Gasteiger partial charge on any atom is 0.139 e. The second-order valence-corrected chi connectivity index (χ2v) is 14.6. The van der Waals surface area contributed by atoms with Gasteiger partial charge in [0.2, 0.25) is 0 Å². The van der Waals surface area contributed by atoms with Crippen LogP contribution in [0.2, 0.25) is 0 Å². The van der Waals surface area contributed by atoms with Gasteiger partial charge in [0.05, 0.1) is 5.69 Å². The molecular formula is C52H35NO. The molecule has 0 aliphatic heterocycles. The summed E-state index contributed by atoms with van der Waals surface area (Å²) in [6.07, 6.45) is 0. The lowest BCUT2D eigenvalue weighted by atomic mass is 9.74. The minimum absolute atomic E-state index is 0.361. The van der Waals surface area contributed by atoms with E-state index in [2.05, 4.69) is 206 Å². The molecule has 9 aromatic carbocycles. The van der Waals surface area contributed by atoms with E-state index in [4.69, 9.17) is 4.42 Å². The van der Waals surface area contributed by atoms with E-state index in [1.54, 1.807) is 0 Å².